The number of carbonyl (C=O) groups is 1. The van der Waals surface area contributed by atoms with Gasteiger partial charge in [0.05, 0.1) is 0 Å². The van der Waals surface area contributed by atoms with Gasteiger partial charge < -0.3 is 14.4 Å². The number of fused-ring (bicyclic) bond motifs is 1. The smallest absolute Gasteiger partial charge is 0.413 e. The van der Waals surface area contributed by atoms with Crippen LogP contribution in [0.15, 0.2) is 18.2 Å². The van der Waals surface area contributed by atoms with E-state index in [2.05, 4.69) is 28.7 Å². The molecule has 1 aliphatic heterocycles. The van der Waals surface area contributed by atoms with Gasteiger partial charge in [0.15, 0.2) is 0 Å². The Bertz CT molecular complexity index is 510. The number of ether oxygens (including phenoxy) is 2. The number of benzene rings is 1. The molecule has 0 aromatic heterocycles. The number of halogens is 1. The second kappa shape index (κ2) is 5.79. The molecule has 1 heterocycles. The van der Waals surface area contributed by atoms with E-state index in [1.807, 2.05) is 32.9 Å². The fourth-order valence-corrected chi connectivity index (χ4v) is 2.44. The van der Waals surface area contributed by atoms with E-state index in [4.69, 9.17) is 9.47 Å². The van der Waals surface area contributed by atoms with Gasteiger partial charge in [0.2, 0.25) is 6.29 Å². The van der Waals surface area contributed by atoms with Gasteiger partial charge in [-0.15, -0.1) is 0 Å². The minimum absolute atomic E-state index is 0.264. The van der Waals surface area contributed by atoms with Crippen LogP contribution in [0, 0.1) is 3.57 Å². The topological polar surface area (TPSA) is 38.8 Å². The van der Waals surface area contributed by atoms with Crippen LogP contribution in [-0.4, -0.2) is 29.9 Å². The molecule has 0 N–H and O–H groups in total. The predicted molar refractivity (Wildman–Crippen MR) is 85.9 cm³/mol. The van der Waals surface area contributed by atoms with Crippen molar-refractivity contribution in [3.63, 3.8) is 0 Å². The first kappa shape index (κ1) is 15.4. The summed E-state index contributed by atoms with van der Waals surface area (Å²) in [7, 11) is 1.74. The molecule has 1 aromatic rings. The Kier molecular flexibility index (Phi) is 4.46. The maximum atomic E-state index is 12.0. The normalized spacial score (nSPS) is 17.9. The average Bonchev–Trinajstić information content (AvgIpc) is 2.37. The van der Waals surface area contributed by atoms with E-state index in [1.165, 1.54) is 9.13 Å². The largest absolute Gasteiger partial charge is 0.454 e. The van der Waals surface area contributed by atoms with Crippen molar-refractivity contribution in [2.24, 2.45) is 0 Å². The first-order valence-corrected chi connectivity index (χ1v) is 7.75. The molecule has 0 fully saturated rings. The van der Waals surface area contributed by atoms with Crippen molar-refractivity contribution < 1.29 is 14.3 Å². The van der Waals surface area contributed by atoms with Crippen molar-refractivity contribution in [3.05, 3.63) is 27.3 Å². The van der Waals surface area contributed by atoms with Crippen molar-refractivity contribution in [3.8, 4) is 5.75 Å². The van der Waals surface area contributed by atoms with E-state index in [9.17, 15) is 4.79 Å². The first-order valence-electron chi connectivity index (χ1n) is 6.67. The van der Waals surface area contributed by atoms with Gasteiger partial charge in [0.25, 0.3) is 0 Å². The minimum atomic E-state index is -0.500. The van der Waals surface area contributed by atoms with Gasteiger partial charge in [0.1, 0.15) is 5.75 Å². The molecule has 4 nitrogen and oxygen atoms in total. The molecule has 0 radical (unpaired) electrons. The molecule has 0 spiro atoms. The number of rotatable bonds is 1. The number of carbonyl (C=O) groups excluding carboxylic acids is 1. The third kappa shape index (κ3) is 3.56. The highest BCUT2D eigenvalue weighted by molar-refractivity contribution is 14.1. The van der Waals surface area contributed by atoms with Gasteiger partial charge in [-0.3, -0.25) is 0 Å². The Hall–Kier alpha value is -0.980. The zero-order valence-electron chi connectivity index (χ0n) is 12.3. The van der Waals surface area contributed by atoms with Crippen molar-refractivity contribution in [2.75, 3.05) is 7.05 Å². The summed E-state index contributed by atoms with van der Waals surface area (Å²) in [5.41, 5.74) is 0.910. The van der Waals surface area contributed by atoms with Crippen LogP contribution >= 0.6 is 22.6 Å². The zero-order chi connectivity index (χ0) is 14.9. The fourth-order valence-electron chi connectivity index (χ4n) is 1.88. The quantitative estimate of drug-likeness (QED) is 0.686. The Balaban J connectivity index is 2.00. The molecule has 1 atom stereocenters. The van der Waals surface area contributed by atoms with Crippen LogP contribution in [0.25, 0.3) is 0 Å². The number of hydrogen-bond donors (Lipinski definition) is 0. The van der Waals surface area contributed by atoms with E-state index in [0.717, 1.165) is 12.2 Å². The van der Waals surface area contributed by atoms with Crippen LogP contribution in [0.1, 0.15) is 32.8 Å². The number of nitrogens with zero attached hydrogens (tertiary/aromatic N) is 1. The number of hydrogen-bond acceptors (Lipinski definition) is 3. The molecule has 1 aromatic carbocycles. The van der Waals surface area contributed by atoms with E-state index in [0.29, 0.717) is 6.42 Å². The maximum absolute atomic E-state index is 12.0. The summed E-state index contributed by atoms with van der Waals surface area (Å²) in [6, 6.07) is 6.03. The van der Waals surface area contributed by atoms with Gasteiger partial charge in [0, 0.05) is 22.6 Å². The molecule has 1 aliphatic rings. The van der Waals surface area contributed by atoms with Gasteiger partial charge in [-0.1, -0.05) is 0 Å². The third-order valence-electron chi connectivity index (χ3n) is 3.44. The summed E-state index contributed by atoms with van der Waals surface area (Å²) in [4.78, 5) is 13.6. The molecule has 1 amide bonds. The highest BCUT2D eigenvalue weighted by Gasteiger charge is 2.28. The molecule has 0 unspecified atom stereocenters. The molecule has 0 saturated heterocycles. The summed E-state index contributed by atoms with van der Waals surface area (Å²) in [5.74, 6) is 0.813. The Labute approximate surface area is 133 Å². The second-order valence-corrected chi connectivity index (χ2v) is 7.20. The minimum Gasteiger partial charge on any atom is -0.454 e. The summed E-state index contributed by atoms with van der Waals surface area (Å²) >= 11 is 2.28. The molecule has 110 valence electrons. The van der Waals surface area contributed by atoms with Crippen LogP contribution < -0.4 is 4.74 Å². The number of amides is 1. The molecular formula is C15H20INO3. The second-order valence-electron chi connectivity index (χ2n) is 5.95. The molecule has 20 heavy (non-hydrogen) atoms. The van der Waals surface area contributed by atoms with Crippen LogP contribution in [0.3, 0.4) is 0 Å². The van der Waals surface area contributed by atoms with Crippen molar-refractivity contribution >= 4 is 28.7 Å². The first-order chi connectivity index (χ1) is 9.27. The SMILES string of the molecule is CN(C(=O)O[C@@H]1CCc2cc(I)ccc2O1)C(C)(C)C. The maximum Gasteiger partial charge on any atom is 0.413 e. The standard InChI is InChI=1S/C15H20INO3/c1-15(2,3)17(4)14(18)20-13-8-5-10-9-11(16)6-7-12(10)19-13/h6-7,9,13H,5,8H2,1-4H3/t13-/m1/s1. The summed E-state index contributed by atoms with van der Waals surface area (Å²) < 4.78 is 12.4. The average molecular weight is 389 g/mol. The van der Waals surface area contributed by atoms with Crippen LogP contribution in [0.4, 0.5) is 4.79 Å². The summed E-state index contributed by atoms with van der Waals surface area (Å²) in [5, 5.41) is 0. The fraction of sp³-hybridized carbons (Fsp3) is 0.533. The summed E-state index contributed by atoms with van der Waals surface area (Å²) in [6.45, 7) is 5.90. The number of aryl methyl sites for hydroxylation is 1. The van der Waals surface area contributed by atoms with Crippen molar-refractivity contribution in [2.45, 2.75) is 45.4 Å². The Morgan fingerprint density at radius 2 is 2.15 bits per heavy atom. The summed E-state index contributed by atoms with van der Waals surface area (Å²) in [6.07, 6.45) is 0.705. The lowest BCUT2D eigenvalue weighted by Crippen LogP contribution is -2.45. The van der Waals surface area contributed by atoms with Crippen LogP contribution in [0.2, 0.25) is 0 Å². The van der Waals surface area contributed by atoms with E-state index in [1.54, 1.807) is 11.9 Å². The Morgan fingerprint density at radius 3 is 2.80 bits per heavy atom. The van der Waals surface area contributed by atoms with Crippen molar-refractivity contribution in [1.29, 1.82) is 0 Å². The monoisotopic (exact) mass is 389 g/mol. The van der Waals surface area contributed by atoms with E-state index in [-0.39, 0.29) is 11.6 Å². The van der Waals surface area contributed by atoms with Gasteiger partial charge in [-0.25, -0.2) is 4.79 Å². The van der Waals surface area contributed by atoms with Gasteiger partial charge in [-0.05, 0) is 73.5 Å². The van der Waals surface area contributed by atoms with Gasteiger partial charge in [-0.2, -0.15) is 0 Å². The highest BCUT2D eigenvalue weighted by atomic mass is 127. The van der Waals surface area contributed by atoms with Crippen molar-refractivity contribution in [1.82, 2.24) is 4.90 Å². The van der Waals surface area contributed by atoms with Crippen LogP contribution in [0.5, 0.6) is 5.75 Å². The lowest BCUT2D eigenvalue weighted by Gasteiger charge is -2.33. The third-order valence-corrected chi connectivity index (χ3v) is 4.11. The molecule has 0 bridgehead atoms. The zero-order valence-corrected chi connectivity index (χ0v) is 14.4. The molecular weight excluding hydrogens is 369 g/mol. The predicted octanol–water partition coefficient (Wildman–Crippen LogP) is 3.81. The van der Waals surface area contributed by atoms with E-state index >= 15 is 0 Å². The molecule has 2 rings (SSSR count). The molecule has 5 heteroatoms. The molecule has 0 saturated carbocycles. The lowest BCUT2D eigenvalue weighted by atomic mass is 10.1. The molecule has 0 aliphatic carbocycles. The Morgan fingerprint density at radius 1 is 1.45 bits per heavy atom. The van der Waals surface area contributed by atoms with E-state index < -0.39 is 6.29 Å². The van der Waals surface area contributed by atoms with Gasteiger partial charge >= 0.3 is 6.09 Å². The van der Waals surface area contributed by atoms with Crippen LogP contribution in [-0.2, 0) is 11.2 Å². The highest BCUT2D eigenvalue weighted by Crippen LogP contribution is 2.29. The lowest BCUT2D eigenvalue weighted by molar-refractivity contribution is -0.0614.